The number of rotatable bonds is 5. The van der Waals surface area contributed by atoms with Crippen molar-refractivity contribution in [1.29, 1.82) is 0 Å². The van der Waals surface area contributed by atoms with E-state index in [-0.39, 0.29) is 5.56 Å². The maximum atomic E-state index is 13.0. The fraction of sp³-hybridized carbons (Fsp3) is 0.200. The zero-order chi connectivity index (χ0) is 14.6. The normalized spacial score (nSPS) is 11.7. The van der Waals surface area contributed by atoms with Crippen LogP contribution in [0.5, 0.6) is 0 Å². The van der Waals surface area contributed by atoms with E-state index in [4.69, 9.17) is 10.2 Å². The van der Waals surface area contributed by atoms with E-state index in [9.17, 15) is 24.1 Å². The summed E-state index contributed by atoms with van der Waals surface area (Å²) in [6, 6.07) is 2.24. The number of carbonyl (C=O) groups excluding carboxylic acids is 1. The van der Waals surface area contributed by atoms with Gasteiger partial charge in [-0.15, -0.1) is 0 Å². The van der Waals surface area contributed by atoms with Crippen LogP contribution in [-0.4, -0.2) is 39.7 Å². The highest BCUT2D eigenvalue weighted by Gasteiger charge is 2.17. The molecule has 0 aliphatic rings. The lowest BCUT2D eigenvalue weighted by Gasteiger charge is -2.07. The summed E-state index contributed by atoms with van der Waals surface area (Å²) in [5, 5.41) is 29.8. The van der Waals surface area contributed by atoms with Crippen molar-refractivity contribution < 1.29 is 29.1 Å². The second kappa shape index (κ2) is 5.87. The number of aliphatic hydroxyl groups is 1. The van der Waals surface area contributed by atoms with E-state index in [0.29, 0.717) is 6.07 Å². The van der Waals surface area contributed by atoms with Gasteiger partial charge in [0.15, 0.2) is 6.10 Å². The van der Waals surface area contributed by atoms with Crippen LogP contribution in [0.25, 0.3) is 0 Å². The third-order valence-electron chi connectivity index (χ3n) is 2.10. The van der Waals surface area contributed by atoms with E-state index < -0.39 is 41.0 Å². The number of hydrogen-bond donors (Lipinski definition) is 3. The molecule has 1 rings (SSSR count). The van der Waals surface area contributed by atoms with Crippen LogP contribution in [0.1, 0.15) is 10.4 Å². The Morgan fingerprint density at radius 1 is 1.42 bits per heavy atom. The maximum Gasteiger partial charge on any atom is 0.334 e. The molecule has 0 unspecified atom stereocenters. The van der Waals surface area contributed by atoms with E-state index in [1.165, 1.54) is 0 Å². The third kappa shape index (κ3) is 4.00. The minimum atomic E-state index is -1.81. The molecule has 1 aromatic rings. The number of benzene rings is 1. The molecule has 0 fully saturated rings. The number of nitro groups is 1. The maximum absolute atomic E-state index is 13.0. The molecule has 102 valence electrons. The van der Waals surface area contributed by atoms with Crippen LogP contribution >= 0.6 is 0 Å². The Hall–Kier alpha value is -2.55. The number of carboxylic acids is 1. The van der Waals surface area contributed by atoms with Crippen molar-refractivity contribution in [3.63, 3.8) is 0 Å². The number of nitro benzene ring substituents is 1. The van der Waals surface area contributed by atoms with E-state index in [1.54, 1.807) is 0 Å². The summed E-state index contributed by atoms with van der Waals surface area (Å²) in [5.74, 6) is -3.44. The van der Waals surface area contributed by atoms with Crippen molar-refractivity contribution in [2.24, 2.45) is 0 Å². The molecule has 8 nitrogen and oxygen atoms in total. The van der Waals surface area contributed by atoms with E-state index >= 15 is 0 Å². The van der Waals surface area contributed by atoms with Crippen LogP contribution in [0.15, 0.2) is 18.2 Å². The molecular formula is C10H9FN2O6. The fourth-order valence-corrected chi connectivity index (χ4v) is 1.19. The highest BCUT2D eigenvalue weighted by molar-refractivity contribution is 5.95. The average Bonchev–Trinajstić information content (AvgIpc) is 2.34. The monoisotopic (exact) mass is 272 g/mol. The van der Waals surface area contributed by atoms with Gasteiger partial charge in [-0.05, 0) is 6.07 Å². The summed E-state index contributed by atoms with van der Waals surface area (Å²) >= 11 is 0. The first-order valence-electron chi connectivity index (χ1n) is 4.95. The van der Waals surface area contributed by atoms with Crippen LogP contribution in [0.2, 0.25) is 0 Å². The number of halogens is 1. The molecule has 0 aromatic heterocycles. The fourth-order valence-electron chi connectivity index (χ4n) is 1.19. The molecule has 0 saturated heterocycles. The zero-order valence-electron chi connectivity index (χ0n) is 9.37. The third-order valence-corrected chi connectivity index (χ3v) is 2.10. The molecule has 0 saturated carbocycles. The molecule has 0 spiro atoms. The first-order chi connectivity index (χ1) is 8.81. The quantitative estimate of drug-likeness (QED) is 0.507. The first-order valence-corrected chi connectivity index (χ1v) is 4.95. The molecule has 0 aliphatic carbocycles. The van der Waals surface area contributed by atoms with Crippen molar-refractivity contribution in [3.05, 3.63) is 39.7 Å². The summed E-state index contributed by atoms with van der Waals surface area (Å²) in [4.78, 5) is 31.4. The molecule has 3 N–H and O–H groups in total. The molecule has 1 atom stereocenters. The molecule has 0 aliphatic heterocycles. The zero-order valence-corrected chi connectivity index (χ0v) is 9.37. The van der Waals surface area contributed by atoms with Crippen molar-refractivity contribution in [2.75, 3.05) is 6.54 Å². The van der Waals surface area contributed by atoms with Gasteiger partial charge in [-0.3, -0.25) is 14.9 Å². The lowest BCUT2D eigenvalue weighted by atomic mass is 10.2. The van der Waals surface area contributed by atoms with Gasteiger partial charge >= 0.3 is 5.97 Å². The van der Waals surface area contributed by atoms with Crippen LogP contribution in [-0.2, 0) is 4.79 Å². The van der Waals surface area contributed by atoms with Crippen molar-refractivity contribution in [1.82, 2.24) is 5.32 Å². The Bertz CT molecular complexity index is 533. The van der Waals surface area contributed by atoms with Crippen LogP contribution < -0.4 is 5.32 Å². The second-order valence-corrected chi connectivity index (χ2v) is 3.52. The topological polar surface area (TPSA) is 130 Å². The molecule has 0 bridgehead atoms. The van der Waals surface area contributed by atoms with Crippen LogP contribution in [0, 0.1) is 15.9 Å². The number of amides is 1. The van der Waals surface area contributed by atoms with Crippen molar-refractivity contribution >= 4 is 17.6 Å². The Kier molecular flexibility index (Phi) is 4.48. The standard InChI is InChI=1S/C10H9FN2O6/c11-6-1-5(2-7(3-6)13(18)19)9(15)12-4-8(14)10(16)17/h1-3,8,14H,4H2,(H,12,15)(H,16,17)/t8-/m0/s1. The van der Waals surface area contributed by atoms with E-state index in [0.717, 1.165) is 12.1 Å². The van der Waals surface area contributed by atoms with Gasteiger partial charge in [0.2, 0.25) is 0 Å². The lowest BCUT2D eigenvalue weighted by Crippen LogP contribution is -2.36. The minimum absolute atomic E-state index is 0.343. The molecule has 1 aromatic carbocycles. The Balaban J connectivity index is 2.82. The van der Waals surface area contributed by atoms with Gasteiger partial charge in [-0.25, -0.2) is 9.18 Å². The average molecular weight is 272 g/mol. The smallest absolute Gasteiger partial charge is 0.334 e. The number of aliphatic carboxylic acids is 1. The largest absolute Gasteiger partial charge is 0.479 e. The summed E-state index contributed by atoms with van der Waals surface area (Å²) in [7, 11) is 0. The van der Waals surface area contributed by atoms with Crippen molar-refractivity contribution in [3.8, 4) is 0 Å². The number of nitrogens with zero attached hydrogens (tertiary/aromatic N) is 1. The summed E-state index contributed by atoms with van der Waals surface area (Å²) in [6.07, 6.45) is -1.81. The number of carboxylic acid groups (broad SMARTS) is 1. The highest BCUT2D eigenvalue weighted by atomic mass is 19.1. The molecule has 9 heteroatoms. The number of non-ortho nitro benzene ring substituents is 1. The Labute approximate surface area is 105 Å². The Morgan fingerprint density at radius 3 is 2.58 bits per heavy atom. The summed E-state index contributed by atoms with van der Waals surface area (Å²) in [5.41, 5.74) is -0.951. The second-order valence-electron chi connectivity index (χ2n) is 3.52. The summed E-state index contributed by atoms with van der Waals surface area (Å²) in [6.45, 7) is -0.599. The SMILES string of the molecule is O=C(NC[C@H](O)C(=O)O)c1cc(F)cc([N+](=O)[O-])c1. The minimum Gasteiger partial charge on any atom is -0.479 e. The van der Waals surface area contributed by atoms with Gasteiger partial charge in [0.05, 0.1) is 17.5 Å². The first kappa shape index (κ1) is 14.5. The number of aliphatic hydroxyl groups excluding tert-OH is 1. The van der Waals surface area contributed by atoms with E-state index in [2.05, 4.69) is 0 Å². The molecule has 0 heterocycles. The highest BCUT2D eigenvalue weighted by Crippen LogP contribution is 2.16. The van der Waals surface area contributed by atoms with Gasteiger partial charge < -0.3 is 15.5 Å². The van der Waals surface area contributed by atoms with Gasteiger partial charge in [-0.2, -0.15) is 0 Å². The molecular weight excluding hydrogens is 263 g/mol. The van der Waals surface area contributed by atoms with Crippen LogP contribution in [0.3, 0.4) is 0 Å². The number of carbonyl (C=O) groups is 2. The molecule has 1 amide bonds. The van der Waals surface area contributed by atoms with Gasteiger partial charge in [0.1, 0.15) is 5.82 Å². The van der Waals surface area contributed by atoms with Crippen molar-refractivity contribution in [2.45, 2.75) is 6.10 Å². The predicted octanol–water partition coefficient (Wildman–Crippen LogP) is -0.0908. The molecule has 0 radical (unpaired) electrons. The summed E-state index contributed by atoms with van der Waals surface area (Å²) < 4.78 is 13.0. The Morgan fingerprint density at radius 2 is 2.05 bits per heavy atom. The van der Waals surface area contributed by atoms with Gasteiger partial charge in [-0.1, -0.05) is 0 Å². The predicted molar refractivity (Wildman–Crippen MR) is 59.0 cm³/mol. The number of nitrogens with one attached hydrogen (secondary N) is 1. The lowest BCUT2D eigenvalue weighted by molar-refractivity contribution is -0.385. The van der Waals surface area contributed by atoms with Crippen LogP contribution in [0.4, 0.5) is 10.1 Å². The van der Waals surface area contributed by atoms with Gasteiger partial charge in [0.25, 0.3) is 11.6 Å². The molecule has 19 heavy (non-hydrogen) atoms. The van der Waals surface area contributed by atoms with E-state index in [1.807, 2.05) is 5.32 Å². The number of hydrogen-bond acceptors (Lipinski definition) is 5. The van der Waals surface area contributed by atoms with Gasteiger partial charge in [0, 0.05) is 11.6 Å².